The van der Waals surface area contributed by atoms with Gasteiger partial charge in [-0.25, -0.2) is 4.79 Å². The molecule has 0 saturated carbocycles. The maximum absolute atomic E-state index is 12.8. The van der Waals surface area contributed by atoms with Crippen LogP contribution in [0.5, 0.6) is 0 Å². The summed E-state index contributed by atoms with van der Waals surface area (Å²) < 4.78 is 38.4. The normalized spacial score (nSPS) is 17.3. The van der Waals surface area contributed by atoms with Gasteiger partial charge in [0, 0.05) is 17.5 Å². The minimum Gasteiger partial charge on any atom is -0.478 e. The first-order valence-electron chi connectivity index (χ1n) is 7.09. The van der Waals surface area contributed by atoms with Crippen LogP contribution in [-0.4, -0.2) is 16.8 Å². The van der Waals surface area contributed by atoms with Crippen molar-refractivity contribution in [2.24, 2.45) is 5.16 Å². The fourth-order valence-corrected chi connectivity index (χ4v) is 2.56. The van der Waals surface area contributed by atoms with Gasteiger partial charge in [-0.15, -0.1) is 0 Å². The van der Waals surface area contributed by atoms with Gasteiger partial charge in [-0.3, -0.25) is 0 Å². The topological polar surface area (TPSA) is 58.9 Å². The number of hydrogen-bond donors (Lipinski definition) is 1. The van der Waals surface area contributed by atoms with E-state index in [0.29, 0.717) is 16.8 Å². The fraction of sp³-hybridized carbons (Fsp3) is 0.176. The number of carboxylic acid groups (broad SMARTS) is 1. The molecule has 0 aromatic heterocycles. The van der Waals surface area contributed by atoms with Crippen LogP contribution >= 0.6 is 0 Å². The predicted octanol–water partition coefficient (Wildman–Crippen LogP) is 4.27. The molecule has 1 aliphatic rings. The number of halogens is 3. The van der Waals surface area contributed by atoms with Gasteiger partial charge in [-0.2, -0.15) is 13.2 Å². The zero-order valence-electron chi connectivity index (χ0n) is 12.2. The Labute approximate surface area is 135 Å². The molecule has 1 aliphatic heterocycles. The minimum absolute atomic E-state index is 0.0861. The largest absolute Gasteiger partial charge is 0.478 e. The van der Waals surface area contributed by atoms with Gasteiger partial charge in [0.15, 0.2) is 6.10 Å². The van der Waals surface area contributed by atoms with Crippen molar-refractivity contribution in [3.05, 3.63) is 70.8 Å². The third kappa shape index (κ3) is 3.10. The highest BCUT2D eigenvalue weighted by Gasteiger charge is 2.32. The summed E-state index contributed by atoms with van der Waals surface area (Å²) in [4.78, 5) is 16.5. The van der Waals surface area contributed by atoms with Crippen LogP contribution in [0.1, 0.15) is 39.6 Å². The molecule has 7 heteroatoms. The van der Waals surface area contributed by atoms with E-state index in [1.54, 1.807) is 18.2 Å². The number of alkyl halides is 3. The number of aromatic carboxylic acids is 1. The molecule has 2 aromatic rings. The Balaban J connectivity index is 1.85. The summed E-state index contributed by atoms with van der Waals surface area (Å²) in [6.45, 7) is 0. The Kier molecular flexibility index (Phi) is 4.01. The monoisotopic (exact) mass is 335 g/mol. The van der Waals surface area contributed by atoms with E-state index in [-0.39, 0.29) is 12.0 Å². The number of hydrogen-bond acceptors (Lipinski definition) is 3. The summed E-state index contributed by atoms with van der Waals surface area (Å²) in [7, 11) is 0. The van der Waals surface area contributed by atoms with Crippen LogP contribution in [0.25, 0.3) is 0 Å². The molecule has 124 valence electrons. The van der Waals surface area contributed by atoms with E-state index in [9.17, 15) is 23.1 Å². The predicted molar refractivity (Wildman–Crippen MR) is 79.8 cm³/mol. The number of benzene rings is 2. The Hall–Kier alpha value is -2.83. The van der Waals surface area contributed by atoms with Crippen LogP contribution in [0, 0.1) is 0 Å². The van der Waals surface area contributed by atoms with Gasteiger partial charge in [0.05, 0.1) is 16.8 Å². The van der Waals surface area contributed by atoms with E-state index in [4.69, 9.17) is 4.84 Å². The van der Waals surface area contributed by atoms with Gasteiger partial charge in [0.25, 0.3) is 0 Å². The third-order valence-electron chi connectivity index (χ3n) is 3.73. The number of nitrogens with zero attached hydrogens (tertiary/aromatic N) is 1. The number of rotatable bonds is 3. The van der Waals surface area contributed by atoms with Crippen molar-refractivity contribution >= 4 is 11.7 Å². The van der Waals surface area contributed by atoms with Crippen LogP contribution in [0.2, 0.25) is 0 Å². The first-order valence-corrected chi connectivity index (χ1v) is 7.09. The van der Waals surface area contributed by atoms with E-state index in [2.05, 4.69) is 5.16 Å². The quantitative estimate of drug-likeness (QED) is 0.911. The molecule has 1 atom stereocenters. The summed E-state index contributed by atoms with van der Waals surface area (Å²) in [5.74, 6) is -1.10. The molecule has 1 N–H and O–H groups in total. The first-order chi connectivity index (χ1) is 11.4. The van der Waals surface area contributed by atoms with Crippen molar-refractivity contribution in [3.63, 3.8) is 0 Å². The molecule has 1 heterocycles. The Morgan fingerprint density at radius 1 is 1.17 bits per heavy atom. The Bertz CT molecular complexity index is 815. The van der Waals surface area contributed by atoms with Crippen LogP contribution in [-0.2, 0) is 11.0 Å². The van der Waals surface area contributed by atoms with E-state index in [0.717, 1.165) is 12.1 Å². The zero-order valence-corrected chi connectivity index (χ0v) is 12.2. The first kappa shape index (κ1) is 16.0. The smallest absolute Gasteiger partial charge is 0.416 e. The van der Waals surface area contributed by atoms with Gasteiger partial charge < -0.3 is 9.94 Å². The third-order valence-corrected chi connectivity index (χ3v) is 3.73. The lowest BCUT2D eigenvalue weighted by atomic mass is 9.96. The van der Waals surface area contributed by atoms with Crippen molar-refractivity contribution in [1.29, 1.82) is 0 Å². The molecule has 3 rings (SSSR count). The highest BCUT2D eigenvalue weighted by Crippen LogP contribution is 2.34. The second-order valence-corrected chi connectivity index (χ2v) is 5.31. The molecule has 4 nitrogen and oxygen atoms in total. The summed E-state index contributed by atoms with van der Waals surface area (Å²) in [5, 5.41) is 13.1. The number of carbonyl (C=O) groups is 1. The van der Waals surface area contributed by atoms with Crippen LogP contribution in [0.4, 0.5) is 13.2 Å². The maximum atomic E-state index is 12.8. The summed E-state index contributed by atoms with van der Waals surface area (Å²) in [5.41, 5.74) is 0.419. The van der Waals surface area contributed by atoms with Crippen LogP contribution in [0.3, 0.4) is 0 Å². The van der Waals surface area contributed by atoms with Crippen molar-refractivity contribution in [2.75, 3.05) is 0 Å². The molecule has 0 radical (unpaired) electrons. The maximum Gasteiger partial charge on any atom is 0.416 e. The molecule has 0 fully saturated rings. The van der Waals surface area contributed by atoms with Crippen LogP contribution < -0.4 is 0 Å². The standard InChI is InChI=1S/C17H12F3NO3/c18-17(19,20)11-5-3-4-10(8-11)14-9-15(24-21-14)12-6-1-2-7-13(12)16(22)23/h1-8,15H,9H2,(H,22,23). The average Bonchev–Trinajstić information content (AvgIpc) is 3.04. The van der Waals surface area contributed by atoms with Crippen molar-refractivity contribution in [3.8, 4) is 0 Å². The summed E-state index contributed by atoms with van der Waals surface area (Å²) in [6.07, 6.45) is -4.88. The lowest BCUT2D eigenvalue weighted by molar-refractivity contribution is -0.137. The van der Waals surface area contributed by atoms with Gasteiger partial charge in [0.1, 0.15) is 0 Å². The summed E-state index contributed by atoms with van der Waals surface area (Å²) >= 11 is 0. The molecule has 0 aliphatic carbocycles. The summed E-state index contributed by atoms with van der Waals surface area (Å²) in [6, 6.07) is 11.1. The van der Waals surface area contributed by atoms with Gasteiger partial charge in [0.2, 0.25) is 0 Å². The number of oxime groups is 1. The van der Waals surface area contributed by atoms with Crippen LogP contribution in [0.15, 0.2) is 53.7 Å². The molecule has 0 spiro atoms. The Morgan fingerprint density at radius 2 is 1.92 bits per heavy atom. The van der Waals surface area contributed by atoms with Crippen molar-refractivity contribution in [1.82, 2.24) is 0 Å². The Morgan fingerprint density at radius 3 is 2.62 bits per heavy atom. The van der Waals surface area contributed by atoms with Gasteiger partial charge in [-0.05, 0) is 18.2 Å². The molecule has 0 amide bonds. The second-order valence-electron chi connectivity index (χ2n) is 5.31. The zero-order chi connectivity index (χ0) is 17.3. The molecule has 1 unspecified atom stereocenters. The molecular weight excluding hydrogens is 323 g/mol. The second kappa shape index (κ2) is 5.99. The van der Waals surface area contributed by atoms with E-state index in [1.807, 2.05) is 0 Å². The molecule has 2 aromatic carbocycles. The lowest BCUT2D eigenvalue weighted by Gasteiger charge is -2.11. The highest BCUT2D eigenvalue weighted by atomic mass is 19.4. The minimum atomic E-state index is -4.44. The van der Waals surface area contributed by atoms with Crippen molar-refractivity contribution in [2.45, 2.75) is 18.7 Å². The van der Waals surface area contributed by atoms with E-state index in [1.165, 1.54) is 18.2 Å². The van der Waals surface area contributed by atoms with Gasteiger partial charge >= 0.3 is 12.1 Å². The molecule has 0 saturated heterocycles. The SMILES string of the molecule is O=C(O)c1ccccc1C1CC(c2cccc(C(F)(F)F)c2)=NO1. The van der Waals surface area contributed by atoms with Gasteiger partial charge in [-0.1, -0.05) is 35.5 Å². The van der Waals surface area contributed by atoms with E-state index < -0.39 is 23.8 Å². The molecular formula is C17H12F3NO3. The fourth-order valence-electron chi connectivity index (χ4n) is 2.56. The highest BCUT2D eigenvalue weighted by molar-refractivity contribution is 6.01. The van der Waals surface area contributed by atoms with Crippen molar-refractivity contribution < 1.29 is 27.9 Å². The number of carboxylic acids is 1. The average molecular weight is 335 g/mol. The molecule has 24 heavy (non-hydrogen) atoms. The molecule has 0 bridgehead atoms. The van der Waals surface area contributed by atoms with E-state index >= 15 is 0 Å². The lowest BCUT2D eigenvalue weighted by Crippen LogP contribution is -2.09.